The molecule has 0 saturated carbocycles. The summed E-state index contributed by atoms with van der Waals surface area (Å²) in [5.41, 5.74) is 1.43. The summed E-state index contributed by atoms with van der Waals surface area (Å²) in [5, 5.41) is 1.87. The van der Waals surface area contributed by atoms with Crippen molar-refractivity contribution in [3.8, 4) is 17.5 Å². The van der Waals surface area contributed by atoms with Crippen molar-refractivity contribution in [3.63, 3.8) is 0 Å². The van der Waals surface area contributed by atoms with E-state index in [1.807, 2.05) is 37.4 Å². The number of nitrogens with one attached hydrogen (secondary N) is 1. The Balaban J connectivity index is 1.23. The number of anilines is 1. The van der Waals surface area contributed by atoms with E-state index < -0.39 is 5.91 Å². The summed E-state index contributed by atoms with van der Waals surface area (Å²) in [6, 6.07) is 11.2. The molecule has 1 aromatic carbocycles. The van der Waals surface area contributed by atoms with Crippen LogP contribution in [0, 0.1) is 6.92 Å². The molecule has 0 unspecified atom stereocenters. The molecule has 2 fully saturated rings. The van der Waals surface area contributed by atoms with Gasteiger partial charge in [-0.1, -0.05) is 12.1 Å². The van der Waals surface area contributed by atoms with Crippen LogP contribution < -0.4 is 19.7 Å². The van der Waals surface area contributed by atoms with E-state index in [0.29, 0.717) is 28.0 Å². The predicted molar refractivity (Wildman–Crippen MR) is 140 cm³/mol. The van der Waals surface area contributed by atoms with Crippen molar-refractivity contribution in [3.05, 3.63) is 69.4 Å². The summed E-state index contributed by atoms with van der Waals surface area (Å²) in [6.45, 7) is 3.55. The van der Waals surface area contributed by atoms with Gasteiger partial charge in [0.15, 0.2) is 0 Å². The minimum atomic E-state index is -0.399. The van der Waals surface area contributed by atoms with Gasteiger partial charge in [-0.15, -0.1) is 0 Å². The maximum Gasteiger partial charge on any atom is 0.290 e. The first-order chi connectivity index (χ1) is 17.4. The molecule has 9 nitrogen and oxygen atoms in total. The molecule has 2 amide bonds. The first kappa shape index (κ1) is 24.3. The third-order valence-corrected chi connectivity index (χ3v) is 7.04. The van der Waals surface area contributed by atoms with E-state index >= 15 is 0 Å². The fraction of sp³-hybridized carbons (Fsp3) is 0.240. The van der Waals surface area contributed by atoms with Crippen molar-refractivity contribution in [1.82, 2.24) is 20.3 Å². The lowest BCUT2D eigenvalue weighted by Crippen LogP contribution is -2.38. The Morgan fingerprint density at radius 2 is 1.92 bits per heavy atom. The molecule has 2 saturated heterocycles. The lowest BCUT2D eigenvalue weighted by molar-refractivity contribution is -0.115. The van der Waals surface area contributed by atoms with Crippen LogP contribution in [0.25, 0.3) is 6.08 Å². The molecule has 2 aliphatic heterocycles. The monoisotopic (exact) mass is 567 g/mol. The molecule has 2 aliphatic rings. The summed E-state index contributed by atoms with van der Waals surface area (Å²) in [7, 11) is 0. The molecule has 11 heteroatoms. The summed E-state index contributed by atoms with van der Waals surface area (Å²) < 4.78 is 13.2. The number of benzene rings is 1. The van der Waals surface area contributed by atoms with Crippen molar-refractivity contribution in [2.45, 2.75) is 25.9 Å². The number of hydrogen-bond donors (Lipinski definition) is 1. The standard InChI is InChI=1S/C25H22BrN5O4S/c1-15-23(34-18-7-9-31(10-8-18)21-6-5-17(26)13-27-21)28-14-29-24(15)35-19-4-2-3-16(11-19)12-20-22(32)30-25(33)36-20/h2-6,11-14,18H,7-10H2,1H3,(H,30,32,33)/b20-12+. The highest BCUT2D eigenvalue weighted by atomic mass is 79.9. The lowest BCUT2D eigenvalue weighted by atomic mass is 10.1. The molecule has 184 valence electrons. The Bertz CT molecular complexity index is 1330. The molecule has 4 heterocycles. The molecule has 0 atom stereocenters. The van der Waals surface area contributed by atoms with Gasteiger partial charge in [0.25, 0.3) is 11.1 Å². The van der Waals surface area contributed by atoms with Gasteiger partial charge in [-0.05, 0) is 70.5 Å². The second-order valence-electron chi connectivity index (χ2n) is 8.27. The third-order valence-electron chi connectivity index (χ3n) is 5.76. The summed E-state index contributed by atoms with van der Waals surface area (Å²) in [6.07, 6.45) is 6.61. The van der Waals surface area contributed by atoms with Crippen LogP contribution in [0.15, 0.2) is 58.3 Å². The maximum atomic E-state index is 11.8. The molecule has 1 N–H and O–H groups in total. The van der Waals surface area contributed by atoms with Gasteiger partial charge in [-0.3, -0.25) is 14.9 Å². The van der Waals surface area contributed by atoms with Gasteiger partial charge >= 0.3 is 0 Å². The second-order valence-corrected chi connectivity index (χ2v) is 10.2. The SMILES string of the molecule is Cc1c(Oc2cccc(/C=C3/SC(=O)NC3=O)c2)ncnc1OC1CCN(c2ccc(Br)cn2)CC1. The van der Waals surface area contributed by atoms with Crippen LogP contribution in [0.5, 0.6) is 17.5 Å². The summed E-state index contributed by atoms with van der Waals surface area (Å²) >= 11 is 4.30. The Morgan fingerprint density at radius 1 is 1.11 bits per heavy atom. The summed E-state index contributed by atoms with van der Waals surface area (Å²) in [4.78, 5) is 38.9. The maximum absolute atomic E-state index is 11.8. The van der Waals surface area contributed by atoms with Crippen LogP contribution in [0.2, 0.25) is 0 Å². The highest BCUT2D eigenvalue weighted by Crippen LogP contribution is 2.31. The van der Waals surface area contributed by atoms with Crippen LogP contribution >= 0.6 is 27.7 Å². The second kappa shape index (κ2) is 10.7. The number of rotatable bonds is 6. The first-order valence-corrected chi connectivity index (χ1v) is 12.9. The number of nitrogens with zero attached hydrogens (tertiary/aromatic N) is 4. The minimum absolute atomic E-state index is 0.0332. The highest BCUT2D eigenvalue weighted by molar-refractivity contribution is 9.10. The number of carbonyl (C=O) groups is 2. The largest absolute Gasteiger partial charge is 0.474 e. The number of ether oxygens (including phenoxy) is 2. The molecule has 0 radical (unpaired) electrons. The van der Waals surface area contributed by atoms with Crippen LogP contribution in [0.1, 0.15) is 24.0 Å². The number of piperidine rings is 1. The van der Waals surface area contributed by atoms with E-state index in [0.717, 1.165) is 53.5 Å². The molecular formula is C25H22BrN5O4S. The van der Waals surface area contributed by atoms with E-state index in [9.17, 15) is 9.59 Å². The lowest BCUT2D eigenvalue weighted by Gasteiger charge is -2.32. The number of halogens is 1. The van der Waals surface area contributed by atoms with E-state index in [1.165, 1.54) is 6.33 Å². The fourth-order valence-electron chi connectivity index (χ4n) is 3.91. The normalized spacial score (nSPS) is 17.4. The molecule has 5 rings (SSSR count). The van der Waals surface area contributed by atoms with Crippen LogP contribution in [0.3, 0.4) is 0 Å². The number of aromatic nitrogens is 3. The van der Waals surface area contributed by atoms with Crippen LogP contribution in [-0.2, 0) is 4.79 Å². The predicted octanol–water partition coefficient (Wildman–Crippen LogP) is 5.11. The van der Waals surface area contributed by atoms with Gasteiger partial charge in [0.1, 0.15) is 24.0 Å². The van der Waals surface area contributed by atoms with E-state index in [2.05, 4.69) is 41.1 Å². The zero-order chi connectivity index (χ0) is 25.1. The van der Waals surface area contributed by atoms with Crippen molar-refractivity contribution < 1.29 is 19.1 Å². The molecule has 0 bridgehead atoms. The Hall–Kier alpha value is -3.44. The van der Waals surface area contributed by atoms with Crippen molar-refractivity contribution >= 4 is 50.7 Å². The van der Waals surface area contributed by atoms with Gasteiger partial charge in [0.05, 0.1) is 10.5 Å². The van der Waals surface area contributed by atoms with E-state index in [1.54, 1.807) is 18.2 Å². The van der Waals surface area contributed by atoms with E-state index in [-0.39, 0.29) is 11.3 Å². The van der Waals surface area contributed by atoms with Crippen molar-refractivity contribution in [2.24, 2.45) is 0 Å². The van der Waals surface area contributed by atoms with Gasteiger partial charge in [0, 0.05) is 36.6 Å². The quantitative estimate of drug-likeness (QED) is 0.406. The Morgan fingerprint density at radius 3 is 2.64 bits per heavy atom. The number of pyridine rings is 1. The van der Waals surface area contributed by atoms with Gasteiger partial charge < -0.3 is 14.4 Å². The number of carbonyl (C=O) groups excluding carboxylic acids is 2. The number of amides is 2. The van der Waals surface area contributed by atoms with Gasteiger partial charge in [0.2, 0.25) is 11.8 Å². The highest BCUT2D eigenvalue weighted by Gasteiger charge is 2.25. The van der Waals surface area contributed by atoms with Crippen molar-refractivity contribution in [2.75, 3.05) is 18.0 Å². The Kier molecular flexibility index (Phi) is 7.19. The fourth-order valence-corrected chi connectivity index (χ4v) is 4.82. The smallest absolute Gasteiger partial charge is 0.290 e. The number of imide groups is 1. The molecule has 3 aromatic rings. The molecule has 0 spiro atoms. The molecule has 36 heavy (non-hydrogen) atoms. The topological polar surface area (TPSA) is 107 Å². The van der Waals surface area contributed by atoms with E-state index in [4.69, 9.17) is 9.47 Å². The third kappa shape index (κ3) is 5.68. The molecule has 0 aliphatic carbocycles. The van der Waals surface area contributed by atoms with Gasteiger partial charge in [-0.25, -0.2) is 15.0 Å². The average molecular weight is 568 g/mol. The summed E-state index contributed by atoms with van der Waals surface area (Å²) in [5.74, 6) is 1.99. The van der Waals surface area contributed by atoms with Gasteiger partial charge in [-0.2, -0.15) is 0 Å². The van der Waals surface area contributed by atoms with Crippen molar-refractivity contribution in [1.29, 1.82) is 0 Å². The van der Waals surface area contributed by atoms with Crippen LogP contribution in [0.4, 0.5) is 10.6 Å². The first-order valence-electron chi connectivity index (χ1n) is 11.3. The number of thioether (sulfide) groups is 1. The van der Waals surface area contributed by atoms with Crippen LogP contribution in [-0.4, -0.2) is 45.3 Å². The molecular weight excluding hydrogens is 546 g/mol. The zero-order valence-electron chi connectivity index (χ0n) is 19.3. The zero-order valence-corrected chi connectivity index (χ0v) is 21.7. The Labute approximate surface area is 220 Å². The molecule has 2 aromatic heterocycles. The number of hydrogen-bond acceptors (Lipinski definition) is 9. The minimum Gasteiger partial charge on any atom is -0.474 e. The average Bonchev–Trinajstić information content (AvgIpc) is 3.19.